The second kappa shape index (κ2) is 24.6. The molecule has 0 aliphatic rings. The molecule has 9 rings (SSSR count). The van der Waals surface area contributed by atoms with Gasteiger partial charge in [0.15, 0.2) is 0 Å². The van der Waals surface area contributed by atoms with Crippen molar-refractivity contribution in [3.05, 3.63) is 235 Å². The molecule has 0 bridgehead atoms. The van der Waals surface area contributed by atoms with Crippen LogP contribution in [-0.4, -0.2) is 15.0 Å². The molecule has 0 spiro atoms. The summed E-state index contributed by atoms with van der Waals surface area (Å²) < 4.78 is 79.0. The number of aryl methyl sites for hydroxylation is 3. The summed E-state index contributed by atoms with van der Waals surface area (Å²) in [5.41, 5.74) is 12.0. The summed E-state index contributed by atoms with van der Waals surface area (Å²) in [5.74, 6) is 0. The van der Waals surface area contributed by atoms with Crippen molar-refractivity contribution in [1.29, 1.82) is 5.26 Å². The minimum absolute atomic E-state index is 0. The molecule has 3 aromatic heterocycles. The molecule has 311 valence electrons. The second-order valence-corrected chi connectivity index (χ2v) is 13.2. The number of nitrogens with zero attached hydrogens (tertiary/aromatic N) is 4. The van der Waals surface area contributed by atoms with Crippen molar-refractivity contribution in [2.24, 2.45) is 0 Å². The van der Waals surface area contributed by atoms with Gasteiger partial charge in [0.05, 0.1) is 25.3 Å². The van der Waals surface area contributed by atoms with Crippen LogP contribution in [0.4, 0.5) is 0 Å². The summed E-state index contributed by atoms with van der Waals surface area (Å²) in [7, 11) is 0. The molecule has 0 amide bonds. The Bertz CT molecular complexity index is 3300. The molecule has 0 saturated carbocycles. The van der Waals surface area contributed by atoms with Gasteiger partial charge in [-0.3, -0.25) is 0 Å². The number of pyridine rings is 3. The number of nitriles is 1. The van der Waals surface area contributed by atoms with Crippen LogP contribution in [-0.2, 0) is 60.3 Å². The Labute approximate surface area is 420 Å². The van der Waals surface area contributed by atoms with Crippen molar-refractivity contribution in [1.82, 2.24) is 15.0 Å². The van der Waals surface area contributed by atoms with Crippen LogP contribution < -0.4 is 0 Å². The molecule has 3 radical (unpaired) electrons. The number of rotatable bonds is 6. The van der Waals surface area contributed by atoms with E-state index in [1.807, 2.05) is 124 Å². The van der Waals surface area contributed by atoms with Crippen LogP contribution in [0.5, 0.6) is 0 Å². The average Bonchev–Trinajstić information content (AvgIpc) is 3.37. The molecule has 0 aliphatic carbocycles. The van der Waals surface area contributed by atoms with E-state index in [0.717, 1.165) is 55.9 Å². The Balaban J connectivity index is 0.000000231. The number of hydrogen-bond donors (Lipinski definition) is 0. The fourth-order valence-corrected chi connectivity index (χ4v) is 6.08. The molecular weight excluding hydrogens is 1290 g/mol. The molecule has 4 nitrogen and oxygen atoms in total. The molecule has 0 unspecified atom stereocenters. The van der Waals surface area contributed by atoms with Gasteiger partial charge >= 0.3 is 0 Å². The predicted octanol–water partition coefficient (Wildman–Crippen LogP) is 13.4. The van der Waals surface area contributed by atoms with E-state index in [1.165, 1.54) is 0 Å². The number of aromatic nitrogens is 3. The maximum absolute atomic E-state index is 8.80. The first kappa shape index (κ1) is 35.8. The van der Waals surface area contributed by atoms with Crippen molar-refractivity contribution in [2.75, 3.05) is 0 Å². The van der Waals surface area contributed by atoms with Crippen molar-refractivity contribution >= 4 is 0 Å². The SMILES string of the molecule is N#Cc1ccc(-c2ccc(-c3[c-]cccc3)nc2)cc1.[2H]c1c([2H])c([2H])c(-c2ccnc(-c3[c-]cccc3)c2)c([2H])c1[2H].[2H]c1c([2H])c([2H])c(-c2cnc(-c3[c-]c(C)cc(C)c3)cc2C)c([2H])c1[2H].[Ir].[Ir].[Ir]. The number of benzene rings is 6. The zero-order chi connectivity index (χ0) is 49.5. The van der Waals surface area contributed by atoms with Crippen molar-refractivity contribution in [3.8, 4) is 73.2 Å². The van der Waals surface area contributed by atoms with Crippen LogP contribution in [0.3, 0.4) is 0 Å². The molecule has 0 aliphatic heterocycles. The van der Waals surface area contributed by atoms with Gasteiger partial charge in [-0.05, 0) is 75.6 Å². The van der Waals surface area contributed by atoms with Crippen LogP contribution in [0.15, 0.2) is 194 Å². The first-order valence-electron chi connectivity index (χ1n) is 23.6. The molecule has 0 N–H and O–H groups in total. The first-order chi connectivity index (χ1) is 33.1. The zero-order valence-electron chi connectivity index (χ0n) is 43.5. The largest absolute Gasteiger partial charge is 0.305 e. The standard InChI is InChI=1S/C20H18N.C18H11N2.C17H12N.3Ir/c1-14-9-15(2)11-18(10-14)20-12-16(3)19(13-21-20)17-7-5-4-6-8-17;19-12-14-6-8-15(9-7-14)17-10-11-18(20-13-17)16-4-2-1-3-5-16;1-3-7-14(8-4-1)16-11-12-18-17(13-16)15-9-5-2-6-10-15;;;/h4-10,12-13H,1-3H3;1-4,6-11,13H;1-9,11-13H;;;/q3*-1;;;/i4D,5D,6D,7D,8D;;1D,3D,4D,7D,8D;;;. The van der Waals surface area contributed by atoms with E-state index in [2.05, 4.69) is 39.2 Å². The maximum atomic E-state index is 8.80. The van der Waals surface area contributed by atoms with Gasteiger partial charge in [0.25, 0.3) is 0 Å². The van der Waals surface area contributed by atoms with Gasteiger partial charge in [0.2, 0.25) is 0 Å². The van der Waals surface area contributed by atoms with E-state index in [9.17, 15) is 0 Å². The Kier molecular flexibility index (Phi) is 14.2. The molecule has 0 atom stereocenters. The van der Waals surface area contributed by atoms with Crippen LogP contribution in [0.1, 0.15) is 36.0 Å². The normalized spacial score (nSPS) is 12.0. The van der Waals surface area contributed by atoms with Gasteiger partial charge < -0.3 is 15.0 Å². The Morgan fingerprint density at radius 3 is 1.68 bits per heavy atom. The van der Waals surface area contributed by atoms with E-state index in [0.29, 0.717) is 22.4 Å². The minimum Gasteiger partial charge on any atom is -0.305 e. The first-order valence-corrected chi connectivity index (χ1v) is 18.6. The summed E-state index contributed by atoms with van der Waals surface area (Å²) in [5, 5.41) is 8.80. The molecule has 3 heterocycles. The van der Waals surface area contributed by atoms with E-state index in [4.69, 9.17) is 19.0 Å². The molecule has 9 aromatic rings. The molecule has 0 saturated heterocycles. The third kappa shape index (κ3) is 13.4. The smallest absolute Gasteiger partial charge is 0.0991 e. The average molecular weight is 1340 g/mol. The fraction of sp³-hybridized carbons (Fsp3) is 0.0545. The van der Waals surface area contributed by atoms with Crippen LogP contribution in [0.25, 0.3) is 67.2 Å². The molecule has 62 heavy (non-hydrogen) atoms. The topological polar surface area (TPSA) is 62.5 Å². The monoisotopic (exact) mass is 1350 g/mol. The third-order valence-electron chi connectivity index (χ3n) is 8.93. The van der Waals surface area contributed by atoms with Gasteiger partial charge in [0.1, 0.15) is 0 Å². The quantitative estimate of drug-likeness (QED) is 0.156. The van der Waals surface area contributed by atoms with E-state index in [1.54, 1.807) is 30.6 Å². The second-order valence-electron chi connectivity index (χ2n) is 13.2. The summed E-state index contributed by atoms with van der Waals surface area (Å²) in [6.07, 6.45) is 4.98. The Morgan fingerprint density at radius 2 is 1.11 bits per heavy atom. The van der Waals surface area contributed by atoms with Crippen molar-refractivity contribution in [2.45, 2.75) is 20.8 Å². The molecular formula is C55H41Ir3N4-3. The molecule has 7 heteroatoms. The summed E-state index contributed by atoms with van der Waals surface area (Å²) in [6, 6.07) is 44.5. The van der Waals surface area contributed by atoms with E-state index in [-0.39, 0.29) is 120 Å². The predicted molar refractivity (Wildman–Crippen MR) is 241 cm³/mol. The summed E-state index contributed by atoms with van der Waals surface area (Å²) in [6.45, 7) is 5.84. The molecule has 6 aromatic carbocycles. The van der Waals surface area contributed by atoms with Gasteiger partial charge in [0, 0.05) is 84.5 Å². The van der Waals surface area contributed by atoms with Crippen molar-refractivity contribution < 1.29 is 74.0 Å². The van der Waals surface area contributed by atoms with Crippen LogP contribution in [0, 0.1) is 50.3 Å². The van der Waals surface area contributed by atoms with Gasteiger partial charge in [-0.1, -0.05) is 111 Å². The number of hydrogen-bond acceptors (Lipinski definition) is 4. The van der Waals surface area contributed by atoms with Crippen LogP contribution >= 0.6 is 0 Å². The minimum atomic E-state index is -0.394. The van der Waals surface area contributed by atoms with E-state index < -0.39 is 12.1 Å². The fourth-order valence-electron chi connectivity index (χ4n) is 6.08. The summed E-state index contributed by atoms with van der Waals surface area (Å²) >= 11 is 0. The van der Waals surface area contributed by atoms with Crippen LogP contribution in [0.2, 0.25) is 0 Å². The van der Waals surface area contributed by atoms with Gasteiger partial charge in [-0.25, -0.2) is 0 Å². The third-order valence-corrected chi connectivity index (χ3v) is 8.93. The maximum Gasteiger partial charge on any atom is 0.0991 e. The van der Waals surface area contributed by atoms with Crippen molar-refractivity contribution in [3.63, 3.8) is 0 Å². The van der Waals surface area contributed by atoms with Gasteiger partial charge in [-0.2, -0.15) is 5.26 Å². The molecule has 0 fully saturated rings. The summed E-state index contributed by atoms with van der Waals surface area (Å²) in [4.78, 5) is 13.2. The Morgan fingerprint density at radius 1 is 0.516 bits per heavy atom. The zero-order valence-corrected chi connectivity index (χ0v) is 40.7. The van der Waals surface area contributed by atoms with Gasteiger partial charge in [-0.15, -0.1) is 107 Å². The van der Waals surface area contributed by atoms with E-state index >= 15 is 0 Å². The Hall–Kier alpha value is -5.79.